The zero-order valence-corrected chi connectivity index (χ0v) is 9.47. The van der Waals surface area contributed by atoms with Gasteiger partial charge in [0.15, 0.2) is 4.69 Å². The van der Waals surface area contributed by atoms with Gasteiger partial charge in [-0.3, -0.25) is 0 Å². The molecule has 0 aliphatic rings. The molecule has 0 unspecified atom stereocenters. The summed E-state index contributed by atoms with van der Waals surface area (Å²) in [6, 6.07) is 0. The van der Waals surface area contributed by atoms with Crippen molar-refractivity contribution in [2.24, 2.45) is 0 Å². The van der Waals surface area contributed by atoms with Crippen molar-refractivity contribution in [3.63, 3.8) is 0 Å². The first kappa shape index (κ1) is 12.0. The molecule has 2 aromatic heterocycles. The van der Waals surface area contributed by atoms with E-state index in [-0.39, 0.29) is 4.06 Å². The fourth-order valence-electron chi connectivity index (χ4n) is 0.511. The molecule has 14 heavy (non-hydrogen) atoms. The molecule has 0 bridgehead atoms. The van der Waals surface area contributed by atoms with Crippen molar-refractivity contribution in [1.29, 1.82) is 0 Å². The van der Waals surface area contributed by atoms with Gasteiger partial charge in [0.2, 0.25) is 4.01 Å². The van der Waals surface area contributed by atoms with Gasteiger partial charge in [-0.05, 0) is 11.3 Å². The normalized spacial score (nSPS) is 11.1. The van der Waals surface area contributed by atoms with E-state index in [9.17, 15) is 22.1 Å². The third-order valence-electron chi connectivity index (χ3n) is 0.829. The largest absolute Gasteiger partial charge is 0.673 e. The highest BCUT2D eigenvalue weighted by Gasteiger charge is 2.20. The van der Waals surface area contributed by atoms with Crippen molar-refractivity contribution in [2.45, 2.75) is 0 Å². The Hall–Kier alpha value is -0.0551. The summed E-state index contributed by atoms with van der Waals surface area (Å²) in [6.45, 7) is 0. The Balaban J connectivity index is 0.000000171. The molecular weight excluding hydrogens is 279 g/mol. The molecule has 0 aromatic carbocycles. The molecule has 0 spiro atoms. The van der Waals surface area contributed by atoms with Crippen molar-refractivity contribution in [2.75, 3.05) is 0 Å². The molecule has 0 amide bonds. The second-order valence-electron chi connectivity index (χ2n) is 1.86. The van der Waals surface area contributed by atoms with Crippen LogP contribution in [0.3, 0.4) is 0 Å². The van der Waals surface area contributed by atoms with E-state index in [1.165, 1.54) is 30.7 Å². The number of hydrogen-bond donors (Lipinski definition) is 0. The molecule has 0 fully saturated rings. The molecule has 0 saturated carbocycles. The molecule has 2 aromatic rings. The molecule has 1 nitrogen and oxygen atoms in total. The Morgan fingerprint density at radius 3 is 2.29 bits per heavy atom. The van der Waals surface area contributed by atoms with Gasteiger partial charge in [-0.15, -0.1) is 0 Å². The summed E-state index contributed by atoms with van der Waals surface area (Å²) in [7, 11) is -6.00. The number of fused-ring (bicyclic) bond motifs is 1. The maximum Gasteiger partial charge on any atom is 0.673 e. The van der Waals surface area contributed by atoms with Crippen LogP contribution in [0, 0.1) is 0 Å². The topological polar surface area (TPSA) is 17.1 Å². The van der Waals surface area contributed by atoms with Gasteiger partial charge in [0.05, 0.1) is 11.3 Å². The molecule has 0 saturated heterocycles. The summed E-state index contributed by atoms with van der Waals surface area (Å²) in [6.07, 6.45) is 0. The number of halogens is 4. The van der Waals surface area contributed by atoms with E-state index in [1.54, 1.807) is 22.7 Å². The molecule has 2 heterocycles. The van der Waals surface area contributed by atoms with E-state index < -0.39 is 7.25 Å². The average molecular weight is 280 g/mol. The van der Waals surface area contributed by atoms with Gasteiger partial charge in [-0.25, -0.2) is 4.79 Å². The van der Waals surface area contributed by atoms with E-state index in [4.69, 9.17) is 0 Å². The molecule has 0 radical (unpaired) electrons. The van der Waals surface area contributed by atoms with E-state index >= 15 is 0 Å². The lowest BCUT2D eigenvalue weighted by Crippen LogP contribution is -2.02. The van der Waals surface area contributed by atoms with Crippen molar-refractivity contribution in [3.05, 3.63) is 13.5 Å². The standard InChI is InChI=1S/C4HOS4.BF4/c5-4-8-2-3(9-4)7-1-6-2;2-1(3,4)5/h1H;/q+1;-1. The fraction of sp³-hybridized carbons (Fsp3) is 0. The van der Waals surface area contributed by atoms with Gasteiger partial charge in [0.25, 0.3) is 4.01 Å². The minimum absolute atomic E-state index is 0.216. The molecule has 0 aliphatic carbocycles. The predicted octanol–water partition coefficient (Wildman–Crippen LogP) is 4.03. The van der Waals surface area contributed by atoms with E-state index in [0.29, 0.717) is 0 Å². The summed E-state index contributed by atoms with van der Waals surface area (Å²) in [4.78, 5) is 10.7. The fourth-order valence-corrected chi connectivity index (χ4v) is 5.67. The van der Waals surface area contributed by atoms with E-state index in [2.05, 4.69) is 4.69 Å². The molecular formula is C4HBF4OS4. The van der Waals surface area contributed by atoms with Crippen LogP contribution in [-0.4, -0.2) is 7.25 Å². The summed E-state index contributed by atoms with van der Waals surface area (Å²) in [5.41, 5.74) is 0. The van der Waals surface area contributed by atoms with Gasteiger partial charge in [0.1, 0.15) is 0 Å². The molecule has 10 heteroatoms. The van der Waals surface area contributed by atoms with Crippen LogP contribution in [0.1, 0.15) is 0 Å². The van der Waals surface area contributed by atoms with Crippen LogP contribution >= 0.6 is 45.3 Å². The minimum atomic E-state index is -6.00. The minimum Gasteiger partial charge on any atom is -0.418 e. The second-order valence-corrected chi connectivity index (χ2v) is 6.66. The molecule has 0 atom stereocenters. The smallest absolute Gasteiger partial charge is 0.418 e. The lowest BCUT2D eigenvalue weighted by Gasteiger charge is -1.94. The lowest BCUT2D eigenvalue weighted by molar-refractivity contribution is 0.368. The summed E-state index contributed by atoms with van der Waals surface area (Å²) >= 11 is 6.01. The Kier molecular flexibility index (Phi) is 3.99. The maximum absolute atomic E-state index is 10.7. The van der Waals surface area contributed by atoms with Crippen LogP contribution in [0.4, 0.5) is 17.3 Å². The molecule has 78 valence electrons. The SMILES string of the molecule is F[B-](F)(F)F.O=c1sc2sc[s+]c2s1. The Bertz CT molecular complexity index is 418. The van der Waals surface area contributed by atoms with Gasteiger partial charge >= 0.3 is 11.3 Å². The Morgan fingerprint density at radius 1 is 1.21 bits per heavy atom. The molecule has 0 aliphatic heterocycles. The predicted molar refractivity (Wildman–Crippen MR) is 56.3 cm³/mol. The van der Waals surface area contributed by atoms with Crippen molar-refractivity contribution >= 4 is 60.6 Å². The van der Waals surface area contributed by atoms with Crippen LogP contribution in [-0.2, 0) is 0 Å². The van der Waals surface area contributed by atoms with Crippen LogP contribution in [0.25, 0.3) is 8.03 Å². The van der Waals surface area contributed by atoms with Crippen LogP contribution < -0.4 is 4.06 Å². The zero-order chi connectivity index (χ0) is 10.8. The second kappa shape index (κ2) is 4.64. The summed E-state index contributed by atoms with van der Waals surface area (Å²) < 4.78 is 43.6. The van der Waals surface area contributed by atoms with Gasteiger partial charge in [0, 0.05) is 22.7 Å². The number of hydrogen-bond acceptors (Lipinski definition) is 4. The Morgan fingerprint density at radius 2 is 1.79 bits per heavy atom. The highest BCUT2D eigenvalue weighted by atomic mass is 32.2. The lowest BCUT2D eigenvalue weighted by atomic mass is 10.3. The van der Waals surface area contributed by atoms with E-state index in [1.807, 2.05) is 0 Å². The summed E-state index contributed by atoms with van der Waals surface area (Å²) in [5, 5.41) is 0. The Labute approximate surface area is 91.4 Å². The third kappa shape index (κ3) is 4.44. The van der Waals surface area contributed by atoms with Crippen molar-refractivity contribution in [1.82, 2.24) is 0 Å². The highest BCUT2D eigenvalue weighted by molar-refractivity contribution is 7.56. The van der Waals surface area contributed by atoms with Gasteiger partial charge in [-0.1, -0.05) is 0 Å². The van der Waals surface area contributed by atoms with Gasteiger partial charge in [-0.2, -0.15) is 0 Å². The first-order chi connectivity index (χ1) is 6.36. The zero-order valence-electron chi connectivity index (χ0n) is 6.21. The van der Waals surface area contributed by atoms with Gasteiger partial charge < -0.3 is 17.3 Å². The molecule has 0 N–H and O–H groups in total. The highest BCUT2D eigenvalue weighted by Crippen LogP contribution is 2.30. The molecule has 2 rings (SSSR count). The van der Waals surface area contributed by atoms with Crippen molar-refractivity contribution < 1.29 is 17.3 Å². The summed E-state index contributed by atoms with van der Waals surface area (Å²) in [5.74, 6) is 0. The third-order valence-corrected chi connectivity index (χ3v) is 5.64. The maximum atomic E-state index is 10.7. The average Bonchev–Trinajstić information content (AvgIpc) is 2.40. The first-order valence-corrected chi connectivity index (χ1v) is 6.42. The van der Waals surface area contributed by atoms with Crippen LogP contribution in [0.2, 0.25) is 0 Å². The monoisotopic (exact) mass is 280 g/mol. The van der Waals surface area contributed by atoms with Crippen LogP contribution in [0.15, 0.2) is 9.49 Å². The number of rotatable bonds is 0. The van der Waals surface area contributed by atoms with E-state index in [0.717, 1.165) is 0 Å². The first-order valence-electron chi connectivity index (χ1n) is 3.02. The van der Waals surface area contributed by atoms with Crippen molar-refractivity contribution in [3.8, 4) is 0 Å². The van der Waals surface area contributed by atoms with Crippen LogP contribution in [0.5, 0.6) is 0 Å². The quantitative estimate of drug-likeness (QED) is 0.404.